The first-order valence-corrected chi connectivity index (χ1v) is 2.88. The van der Waals surface area contributed by atoms with Crippen molar-refractivity contribution in [3.05, 3.63) is 12.1 Å². The average Bonchev–Trinajstić information content (AvgIpc) is 2.13. The molecule has 0 aromatic rings. The highest BCUT2D eigenvalue weighted by atomic mass is 16.7. The van der Waals surface area contributed by atoms with Gasteiger partial charge in [0.2, 0.25) is 0 Å². The second kappa shape index (κ2) is 2.17. The van der Waals surface area contributed by atoms with Crippen LogP contribution in [0.3, 0.4) is 0 Å². The quantitative estimate of drug-likeness (QED) is 0.521. The lowest BCUT2D eigenvalue weighted by molar-refractivity contribution is 0.00432. The van der Waals surface area contributed by atoms with Crippen LogP contribution in [0.2, 0.25) is 0 Å². The van der Waals surface area contributed by atoms with Crippen LogP contribution >= 0.6 is 0 Å². The van der Waals surface area contributed by atoms with Crippen molar-refractivity contribution in [3.8, 4) is 0 Å². The first-order chi connectivity index (χ1) is 4.24. The van der Waals surface area contributed by atoms with Crippen LogP contribution in [0.5, 0.6) is 0 Å². The Bertz CT molecular complexity index is 133. The van der Waals surface area contributed by atoms with E-state index in [9.17, 15) is 0 Å². The van der Waals surface area contributed by atoms with Crippen molar-refractivity contribution in [2.75, 3.05) is 14.2 Å². The lowest BCUT2D eigenvalue weighted by Crippen LogP contribution is -2.19. The summed E-state index contributed by atoms with van der Waals surface area (Å²) in [6.07, 6.45) is 1.94. The number of hydrogen-bond donors (Lipinski definition) is 0. The van der Waals surface area contributed by atoms with E-state index >= 15 is 0 Å². The molecule has 1 rings (SSSR count). The molecule has 1 aliphatic heterocycles. The predicted molar refractivity (Wildman–Crippen MR) is 33.4 cm³/mol. The summed E-state index contributed by atoms with van der Waals surface area (Å²) >= 11 is 0. The highest BCUT2D eigenvalue weighted by Crippen LogP contribution is 2.15. The van der Waals surface area contributed by atoms with E-state index in [1.807, 2.05) is 25.1 Å². The largest absolute Gasteiger partial charge is 0.468 e. The van der Waals surface area contributed by atoms with E-state index in [1.54, 1.807) is 7.11 Å². The third kappa shape index (κ3) is 1.09. The number of rotatable bonds is 1. The van der Waals surface area contributed by atoms with Crippen LogP contribution in [0.25, 0.3) is 0 Å². The predicted octanol–water partition coefficient (Wildman–Crippen LogP) is 0.740. The molecule has 0 saturated carbocycles. The summed E-state index contributed by atoms with van der Waals surface area (Å²) in [6, 6.07) is 0. The lowest BCUT2D eigenvalue weighted by atomic mass is 10.6. The van der Waals surface area contributed by atoms with E-state index in [-0.39, 0.29) is 6.23 Å². The van der Waals surface area contributed by atoms with Crippen LogP contribution in [-0.4, -0.2) is 25.3 Å². The Balaban J connectivity index is 2.52. The van der Waals surface area contributed by atoms with Crippen molar-refractivity contribution in [1.29, 1.82) is 0 Å². The molecule has 9 heavy (non-hydrogen) atoms. The molecule has 52 valence electrons. The minimum Gasteiger partial charge on any atom is -0.468 e. The van der Waals surface area contributed by atoms with Gasteiger partial charge in [-0.1, -0.05) is 0 Å². The molecule has 0 N–H and O–H groups in total. The highest BCUT2D eigenvalue weighted by Gasteiger charge is 2.17. The fraction of sp³-hybridized carbons (Fsp3) is 0.667. The summed E-state index contributed by atoms with van der Waals surface area (Å²) in [5, 5.41) is 0. The Kier molecular flexibility index (Phi) is 1.51. The van der Waals surface area contributed by atoms with Crippen molar-refractivity contribution in [2.24, 2.45) is 0 Å². The SMILES string of the molecule is COC1=CN(C)C(C)O1. The topological polar surface area (TPSA) is 21.7 Å². The van der Waals surface area contributed by atoms with Crippen LogP contribution in [-0.2, 0) is 9.47 Å². The van der Waals surface area contributed by atoms with Gasteiger partial charge in [0.05, 0.1) is 13.3 Å². The summed E-state index contributed by atoms with van der Waals surface area (Å²) in [5.41, 5.74) is 0. The minimum atomic E-state index is 0.111. The fourth-order valence-corrected chi connectivity index (χ4v) is 0.654. The smallest absolute Gasteiger partial charge is 0.297 e. The zero-order valence-electron chi connectivity index (χ0n) is 5.92. The van der Waals surface area contributed by atoms with Gasteiger partial charge in [0.15, 0.2) is 6.23 Å². The Hall–Kier alpha value is -0.860. The molecule has 1 atom stereocenters. The van der Waals surface area contributed by atoms with Crippen LogP contribution < -0.4 is 0 Å². The molecule has 1 heterocycles. The molecule has 3 nitrogen and oxygen atoms in total. The molecular weight excluding hydrogens is 118 g/mol. The van der Waals surface area contributed by atoms with Gasteiger partial charge in [0.1, 0.15) is 0 Å². The molecule has 0 aliphatic carbocycles. The van der Waals surface area contributed by atoms with Gasteiger partial charge < -0.3 is 14.4 Å². The molecule has 1 aliphatic rings. The molecule has 0 amide bonds. The third-order valence-corrected chi connectivity index (χ3v) is 1.37. The number of nitrogens with zero attached hydrogens (tertiary/aromatic N) is 1. The molecule has 0 fully saturated rings. The third-order valence-electron chi connectivity index (χ3n) is 1.37. The molecule has 0 aromatic carbocycles. The maximum Gasteiger partial charge on any atom is 0.297 e. The maximum atomic E-state index is 5.19. The van der Waals surface area contributed by atoms with Crippen LogP contribution in [0.15, 0.2) is 12.1 Å². The molecule has 0 aromatic heterocycles. The van der Waals surface area contributed by atoms with Crippen molar-refractivity contribution >= 4 is 0 Å². The van der Waals surface area contributed by atoms with E-state index in [4.69, 9.17) is 9.47 Å². The Labute approximate surface area is 54.9 Å². The molecule has 0 spiro atoms. The van der Waals surface area contributed by atoms with E-state index < -0.39 is 0 Å². The minimum absolute atomic E-state index is 0.111. The van der Waals surface area contributed by atoms with E-state index in [2.05, 4.69) is 0 Å². The van der Waals surface area contributed by atoms with E-state index in [0.717, 1.165) is 0 Å². The summed E-state index contributed by atoms with van der Waals surface area (Å²) in [7, 11) is 3.54. The summed E-state index contributed by atoms with van der Waals surface area (Å²) in [6.45, 7) is 1.96. The molecular formula is C6H11NO2. The average molecular weight is 129 g/mol. The molecule has 3 heteroatoms. The van der Waals surface area contributed by atoms with Crippen LogP contribution in [0.1, 0.15) is 6.92 Å². The Morgan fingerprint density at radius 3 is 2.67 bits per heavy atom. The van der Waals surface area contributed by atoms with Crippen molar-refractivity contribution in [3.63, 3.8) is 0 Å². The van der Waals surface area contributed by atoms with Crippen molar-refractivity contribution in [2.45, 2.75) is 13.2 Å². The van der Waals surface area contributed by atoms with Gasteiger partial charge in [-0.2, -0.15) is 0 Å². The Morgan fingerprint density at radius 1 is 1.78 bits per heavy atom. The van der Waals surface area contributed by atoms with Crippen molar-refractivity contribution < 1.29 is 9.47 Å². The van der Waals surface area contributed by atoms with Gasteiger partial charge in [-0.05, 0) is 6.92 Å². The van der Waals surface area contributed by atoms with E-state index in [1.165, 1.54) is 0 Å². The standard InChI is InChI=1S/C6H11NO2/c1-5-7(2)4-6(8-3)9-5/h4-5H,1-3H3. The van der Waals surface area contributed by atoms with Gasteiger partial charge in [-0.15, -0.1) is 0 Å². The van der Waals surface area contributed by atoms with Crippen LogP contribution in [0.4, 0.5) is 0 Å². The number of methoxy groups -OCH3 is 1. The Morgan fingerprint density at radius 2 is 2.44 bits per heavy atom. The van der Waals surface area contributed by atoms with Gasteiger partial charge >= 0.3 is 0 Å². The molecule has 0 radical (unpaired) electrons. The number of ether oxygens (including phenoxy) is 2. The summed E-state index contributed by atoms with van der Waals surface area (Å²) < 4.78 is 10.0. The highest BCUT2D eigenvalue weighted by molar-refractivity contribution is 4.89. The first-order valence-electron chi connectivity index (χ1n) is 2.88. The van der Waals surface area contributed by atoms with Gasteiger partial charge in [-0.25, -0.2) is 0 Å². The van der Waals surface area contributed by atoms with Gasteiger partial charge in [0.25, 0.3) is 5.95 Å². The van der Waals surface area contributed by atoms with Crippen LogP contribution in [0, 0.1) is 0 Å². The zero-order valence-corrected chi connectivity index (χ0v) is 5.92. The molecule has 0 saturated heterocycles. The van der Waals surface area contributed by atoms with Crippen molar-refractivity contribution in [1.82, 2.24) is 4.90 Å². The summed E-state index contributed by atoms with van der Waals surface area (Å²) in [5.74, 6) is 0.588. The summed E-state index contributed by atoms with van der Waals surface area (Å²) in [4.78, 5) is 1.94. The van der Waals surface area contributed by atoms with Gasteiger partial charge in [-0.3, -0.25) is 0 Å². The first kappa shape index (κ1) is 6.26. The van der Waals surface area contributed by atoms with Gasteiger partial charge in [0, 0.05) is 7.05 Å². The fourth-order valence-electron chi connectivity index (χ4n) is 0.654. The zero-order chi connectivity index (χ0) is 6.85. The second-order valence-electron chi connectivity index (χ2n) is 2.03. The monoisotopic (exact) mass is 129 g/mol. The second-order valence-corrected chi connectivity index (χ2v) is 2.03. The van der Waals surface area contributed by atoms with E-state index in [0.29, 0.717) is 5.95 Å². The molecule has 1 unspecified atom stereocenters. The maximum absolute atomic E-state index is 5.19. The normalized spacial score (nSPS) is 25.4. The number of hydrogen-bond acceptors (Lipinski definition) is 3. The molecule has 0 bridgehead atoms. The lowest BCUT2D eigenvalue weighted by Gasteiger charge is -2.12.